The first-order chi connectivity index (χ1) is 15.6. The van der Waals surface area contributed by atoms with Crippen LogP contribution in [-0.4, -0.2) is 61.0 Å². The number of hydrogen-bond donors (Lipinski definition) is 3. The number of hydrogen-bond acceptors (Lipinski definition) is 5. The van der Waals surface area contributed by atoms with Gasteiger partial charge in [-0.15, -0.1) is 23.2 Å². The number of rotatable bonds is 4. The molecule has 0 aromatic rings. The number of halogens is 4. The molecule has 34 heavy (non-hydrogen) atoms. The van der Waals surface area contributed by atoms with Crippen molar-refractivity contribution in [2.24, 2.45) is 28.6 Å². The highest BCUT2D eigenvalue weighted by atomic mass is 35.5. The first kappa shape index (κ1) is 26.1. The molecule has 0 aromatic heterocycles. The lowest BCUT2D eigenvalue weighted by molar-refractivity contribution is -0.175. The van der Waals surface area contributed by atoms with E-state index < -0.39 is 80.7 Å². The summed E-state index contributed by atoms with van der Waals surface area (Å²) in [4.78, 5) is 35.3. The van der Waals surface area contributed by atoms with Crippen LogP contribution in [0.3, 0.4) is 0 Å². The Hall–Kier alpha value is -0.990. The van der Waals surface area contributed by atoms with Crippen molar-refractivity contribution < 1.29 is 34.1 Å². The quantitative estimate of drug-likeness (QED) is 0.471. The van der Waals surface area contributed by atoms with Crippen molar-refractivity contribution in [1.29, 1.82) is 0 Å². The number of ketones is 2. The Labute approximate surface area is 212 Å². The molecule has 10 heteroatoms. The maximum atomic E-state index is 15.6. The Kier molecular flexibility index (Phi) is 6.14. The van der Waals surface area contributed by atoms with E-state index in [9.17, 15) is 24.6 Å². The van der Waals surface area contributed by atoms with E-state index in [0.29, 0.717) is 6.42 Å². The van der Waals surface area contributed by atoms with Crippen LogP contribution in [-0.2, 0) is 14.4 Å². The fourth-order valence-electron chi connectivity index (χ4n) is 7.57. The molecule has 0 radical (unpaired) electrons. The van der Waals surface area contributed by atoms with Crippen molar-refractivity contribution in [3.05, 3.63) is 22.8 Å². The van der Waals surface area contributed by atoms with Gasteiger partial charge >= 0.3 is 5.97 Å². The molecule has 3 fully saturated rings. The van der Waals surface area contributed by atoms with Gasteiger partial charge in [0.1, 0.15) is 17.9 Å². The van der Waals surface area contributed by atoms with Gasteiger partial charge in [-0.2, -0.15) is 0 Å². The Balaban J connectivity index is 1.82. The normalized spacial score (nSPS) is 48.7. The number of carbonyl (C=O) groups is 3. The second-order valence-electron chi connectivity index (χ2n) is 10.8. The number of allylic oxidation sites excluding steroid dienone is 4. The van der Waals surface area contributed by atoms with Crippen LogP contribution in [0.15, 0.2) is 22.8 Å². The summed E-state index contributed by atoms with van der Waals surface area (Å²) in [6, 6.07) is 0. The van der Waals surface area contributed by atoms with Gasteiger partial charge in [0.2, 0.25) is 0 Å². The van der Waals surface area contributed by atoms with Crippen molar-refractivity contribution in [1.82, 2.24) is 0 Å². The number of fused-ring (bicyclic) bond motifs is 5. The summed E-state index contributed by atoms with van der Waals surface area (Å²) in [5.74, 6) is -4.54. The summed E-state index contributed by atoms with van der Waals surface area (Å²) < 4.78 is 15.6. The highest BCUT2D eigenvalue weighted by Gasteiger charge is 2.75. The Morgan fingerprint density at radius 1 is 1.26 bits per heavy atom. The van der Waals surface area contributed by atoms with E-state index in [-0.39, 0.29) is 23.4 Å². The van der Waals surface area contributed by atoms with Gasteiger partial charge in [0, 0.05) is 10.8 Å². The molecule has 0 spiro atoms. The SMILES string of the molecule is CC1C[C@H]2[C@@H]3CC(F)C4=CC(=O)C(Cl)=C[C@]4(C)[C@@]3(Cl)C(Cl)C[C@]2(C)[C@@]1(O)C(=O)C(O)CC(=O)O. The standard InChI is InChI=1S/C24H28Cl3FO6/c1-10-4-11-12-5-15(28)13-6-16(29)14(25)8-21(13,2)23(12,27)18(26)9-22(11,3)24(10,34)20(33)17(30)7-19(31)32/h6,8,10-12,15,17-18,30,34H,4-5,7,9H2,1-3H3,(H,31,32)/t10?,11-,12-,15?,17?,18?,21-,22-,23-,24-/m0/s1. The van der Waals surface area contributed by atoms with E-state index in [1.165, 1.54) is 12.2 Å². The van der Waals surface area contributed by atoms with Crippen LogP contribution in [0.2, 0.25) is 0 Å². The molecule has 3 saturated carbocycles. The van der Waals surface area contributed by atoms with Crippen LogP contribution in [0.4, 0.5) is 4.39 Å². The van der Waals surface area contributed by atoms with Crippen molar-refractivity contribution in [3.8, 4) is 0 Å². The average molecular weight is 538 g/mol. The summed E-state index contributed by atoms with van der Waals surface area (Å²) in [7, 11) is 0. The second-order valence-corrected chi connectivity index (χ2v) is 12.4. The molecule has 4 unspecified atom stereocenters. The highest BCUT2D eigenvalue weighted by Crippen LogP contribution is 2.72. The monoisotopic (exact) mass is 536 g/mol. The molecule has 10 atom stereocenters. The number of aliphatic hydroxyl groups is 2. The van der Waals surface area contributed by atoms with Crippen molar-refractivity contribution in [2.45, 2.75) is 74.6 Å². The molecule has 4 aliphatic carbocycles. The molecule has 4 aliphatic rings. The van der Waals surface area contributed by atoms with Crippen molar-refractivity contribution in [2.75, 3.05) is 0 Å². The molecule has 0 aromatic carbocycles. The Morgan fingerprint density at radius 2 is 1.88 bits per heavy atom. The third-order valence-corrected chi connectivity index (χ3v) is 11.1. The topological polar surface area (TPSA) is 112 Å². The summed E-state index contributed by atoms with van der Waals surface area (Å²) in [5, 5.41) is 30.2. The van der Waals surface area contributed by atoms with Gasteiger partial charge in [-0.1, -0.05) is 32.4 Å². The van der Waals surface area contributed by atoms with Gasteiger partial charge in [-0.05, 0) is 54.7 Å². The molecule has 3 N–H and O–H groups in total. The van der Waals surface area contributed by atoms with Gasteiger partial charge in [0.15, 0.2) is 11.6 Å². The van der Waals surface area contributed by atoms with E-state index in [1.54, 1.807) is 20.8 Å². The molecule has 6 nitrogen and oxygen atoms in total. The van der Waals surface area contributed by atoms with E-state index in [1.807, 2.05) is 0 Å². The predicted octanol–water partition coefficient (Wildman–Crippen LogP) is 3.77. The smallest absolute Gasteiger partial charge is 0.306 e. The van der Waals surface area contributed by atoms with Gasteiger partial charge in [0.25, 0.3) is 0 Å². The number of Topliss-reactive ketones (excluding diaryl/α,β-unsaturated/α-hetero) is 1. The zero-order valence-electron chi connectivity index (χ0n) is 19.0. The largest absolute Gasteiger partial charge is 0.481 e. The number of aliphatic hydroxyl groups excluding tert-OH is 1. The summed E-state index contributed by atoms with van der Waals surface area (Å²) >= 11 is 20.5. The number of carbonyl (C=O) groups excluding carboxylic acids is 2. The van der Waals surface area contributed by atoms with Crippen LogP contribution in [0, 0.1) is 28.6 Å². The molecule has 0 bridgehead atoms. The minimum atomic E-state index is -2.07. The predicted molar refractivity (Wildman–Crippen MR) is 125 cm³/mol. The van der Waals surface area contributed by atoms with E-state index >= 15 is 4.39 Å². The fraction of sp³-hybridized carbons (Fsp3) is 0.708. The lowest BCUT2D eigenvalue weighted by Crippen LogP contribution is -2.69. The number of aliphatic carboxylic acids is 1. The first-order valence-electron chi connectivity index (χ1n) is 11.3. The molecule has 4 rings (SSSR count). The molecule has 0 heterocycles. The highest BCUT2D eigenvalue weighted by molar-refractivity contribution is 6.45. The summed E-state index contributed by atoms with van der Waals surface area (Å²) in [5.41, 5.74) is -4.21. The van der Waals surface area contributed by atoms with E-state index in [2.05, 4.69) is 0 Å². The zero-order chi connectivity index (χ0) is 25.6. The molecule has 0 aliphatic heterocycles. The van der Waals surface area contributed by atoms with Gasteiger partial charge < -0.3 is 15.3 Å². The van der Waals surface area contributed by atoms with E-state index in [4.69, 9.17) is 39.9 Å². The minimum absolute atomic E-state index is 0.0538. The van der Waals surface area contributed by atoms with Gasteiger partial charge in [0.05, 0.1) is 21.7 Å². The molecular weight excluding hydrogens is 510 g/mol. The summed E-state index contributed by atoms with van der Waals surface area (Å²) in [6.45, 7) is 5.06. The number of carboxylic acid groups (broad SMARTS) is 1. The van der Waals surface area contributed by atoms with Gasteiger partial charge in [-0.3, -0.25) is 14.4 Å². The minimum Gasteiger partial charge on any atom is -0.481 e. The lowest BCUT2D eigenvalue weighted by atomic mass is 9.46. The maximum absolute atomic E-state index is 15.6. The van der Waals surface area contributed by atoms with Crippen molar-refractivity contribution >= 4 is 52.3 Å². The molecular formula is C24H28Cl3FO6. The van der Waals surface area contributed by atoms with E-state index in [0.717, 1.165) is 0 Å². The third kappa shape index (κ3) is 3.09. The van der Waals surface area contributed by atoms with Crippen LogP contribution >= 0.6 is 34.8 Å². The van der Waals surface area contributed by atoms with Crippen LogP contribution in [0.25, 0.3) is 0 Å². The van der Waals surface area contributed by atoms with Crippen LogP contribution in [0.5, 0.6) is 0 Å². The van der Waals surface area contributed by atoms with Crippen molar-refractivity contribution in [3.63, 3.8) is 0 Å². The maximum Gasteiger partial charge on any atom is 0.306 e. The fourth-order valence-corrected chi connectivity index (χ4v) is 9.03. The lowest BCUT2D eigenvalue weighted by Gasteiger charge is -2.64. The average Bonchev–Trinajstić information content (AvgIpc) is 2.93. The third-order valence-electron chi connectivity index (χ3n) is 9.27. The van der Waals surface area contributed by atoms with Crippen LogP contribution < -0.4 is 0 Å². The number of carboxylic acids is 1. The zero-order valence-corrected chi connectivity index (χ0v) is 21.3. The Morgan fingerprint density at radius 3 is 2.47 bits per heavy atom. The molecule has 188 valence electrons. The molecule has 0 saturated heterocycles. The van der Waals surface area contributed by atoms with Gasteiger partial charge in [-0.25, -0.2) is 4.39 Å². The molecule has 0 amide bonds. The first-order valence-corrected chi connectivity index (χ1v) is 12.5. The second kappa shape index (κ2) is 8.01. The summed E-state index contributed by atoms with van der Waals surface area (Å²) in [6.07, 6.45) is -1.25. The number of alkyl halides is 3. The van der Waals surface area contributed by atoms with Crippen LogP contribution in [0.1, 0.15) is 46.5 Å². The Bertz CT molecular complexity index is 1030.